The van der Waals surface area contributed by atoms with Crippen LogP contribution in [0.25, 0.3) is 0 Å². The topological polar surface area (TPSA) is 115 Å². The van der Waals surface area contributed by atoms with Crippen molar-refractivity contribution >= 4 is 6.47 Å². The highest BCUT2D eigenvalue weighted by Crippen LogP contribution is 2.06. The first-order chi connectivity index (χ1) is 7.43. The van der Waals surface area contributed by atoms with E-state index in [1.807, 2.05) is 13.8 Å². The van der Waals surface area contributed by atoms with E-state index in [2.05, 4.69) is 0 Å². The molecule has 3 unspecified atom stereocenters. The highest BCUT2D eigenvalue weighted by molar-refractivity contribution is 5.32. The van der Waals surface area contributed by atoms with Crippen molar-refractivity contribution in [1.82, 2.24) is 0 Å². The zero-order valence-electron chi connectivity index (χ0n) is 10.4. The summed E-state index contributed by atoms with van der Waals surface area (Å²) in [5.41, 5.74) is 17.2. The highest BCUT2D eigenvalue weighted by atomic mass is 16.3. The Balaban J connectivity index is 0. The van der Waals surface area contributed by atoms with Crippen molar-refractivity contribution in [3.8, 4) is 0 Å². The first-order valence-electron chi connectivity index (χ1n) is 5.78. The third-order valence-electron chi connectivity index (χ3n) is 2.23. The van der Waals surface area contributed by atoms with Gasteiger partial charge in [0.15, 0.2) is 0 Å². The van der Waals surface area contributed by atoms with Crippen LogP contribution < -0.4 is 17.2 Å². The Morgan fingerprint density at radius 2 is 1.44 bits per heavy atom. The molecule has 0 aliphatic rings. The lowest BCUT2D eigenvalue weighted by Crippen LogP contribution is -2.25. The molecule has 0 aliphatic heterocycles. The third kappa shape index (κ3) is 19.0. The van der Waals surface area contributed by atoms with Crippen molar-refractivity contribution in [3.63, 3.8) is 0 Å². The van der Waals surface area contributed by atoms with Crippen molar-refractivity contribution in [3.05, 3.63) is 0 Å². The quantitative estimate of drug-likeness (QED) is 0.482. The average Bonchev–Trinajstić information content (AvgIpc) is 2.15. The van der Waals surface area contributed by atoms with Crippen LogP contribution in [-0.2, 0) is 4.79 Å². The van der Waals surface area contributed by atoms with Gasteiger partial charge < -0.3 is 22.3 Å². The van der Waals surface area contributed by atoms with E-state index in [1.165, 1.54) is 0 Å². The maximum atomic E-state index is 8.36. The molecule has 3 atom stereocenters. The van der Waals surface area contributed by atoms with E-state index >= 15 is 0 Å². The lowest BCUT2D eigenvalue weighted by molar-refractivity contribution is -0.122. The summed E-state index contributed by atoms with van der Waals surface area (Å²) in [5, 5.41) is 6.89. The van der Waals surface area contributed by atoms with Gasteiger partial charge in [0.05, 0.1) is 0 Å². The Morgan fingerprint density at radius 3 is 1.81 bits per heavy atom. The van der Waals surface area contributed by atoms with E-state index in [0.29, 0.717) is 12.1 Å². The van der Waals surface area contributed by atoms with Crippen LogP contribution in [-0.4, -0.2) is 29.7 Å². The molecular weight excluding hydrogens is 206 g/mol. The zero-order chi connectivity index (χ0) is 13.0. The van der Waals surface area contributed by atoms with Crippen LogP contribution in [0.1, 0.15) is 46.0 Å². The van der Waals surface area contributed by atoms with Gasteiger partial charge in [-0.15, -0.1) is 0 Å². The molecule has 0 saturated heterocycles. The summed E-state index contributed by atoms with van der Waals surface area (Å²) < 4.78 is 0. The second-order valence-electron chi connectivity index (χ2n) is 4.33. The Bertz CT molecular complexity index is 152. The molecular formula is C11H27N3O2. The Kier molecular flexibility index (Phi) is 13.8. The second kappa shape index (κ2) is 12.4. The van der Waals surface area contributed by atoms with Crippen molar-refractivity contribution < 1.29 is 9.90 Å². The molecule has 16 heavy (non-hydrogen) atoms. The number of carboxylic acid groups (broad SMARTS) is 1. The van der Waals surface area contributed by atoms with Crippen LogP contribution in [0.15, 0.2) is 0 Å². The van der Waals surface area contributed by atoms with Crippen LogP contribution in [0, 0.1) is 0 Å². The molecule has 0 aromatic heterocycles. The van der Waals surface area contributed by atoms with Gasteiger partial charge in [-0.25, -0.2) is 0 Å². The summed E-state index contributed by atoms with van der Waals surface area (Å²) >= 11 is 0. The summed E-state index contributed by atoms with van der Waals surface area (Å²) in [5.74, 6) is 0. The van der Waals surface area contributed by atoms with Gasteiger partial charge >= 0.3 is 0 Å². The maximum absolute atomic E-state index is 8.36. The largest absolute Gasteiger partial charge is 0.483 e. The van der Waals surface area contributed by atoms with Gasteiger partial charge in [-0.2, -0.15) is 0 Å². The summed E-state index contributed by atoms with van der Waals surface area (Å²) in [4.78, 5) is 8.36. The van der Waals surface area contributed by atoms with E-state index in [0.717, 1.165) is 32.1 Å². The molecule has 98 valence electrons. The van der Waals surface area contributed by atoms with E-state index in [9.17, 15) is 0 Å². The van der Waals surface area contributed by atoms with Gasteiger partial charge in [0.2, 0.25) is 0 Å². The fourth-order valence-electron chi connectivity index (χ4n) is 1.32. The number of hydrogen-bond acceptors (Lipinski definition) is 4. The molecule has 0 aliphatic carbocycles. The van der Waals surface area contributed by atoms with Gasteiger partial charge in [-0.3, -0.25) is 4.79 Å². The average molecular weight is 233 g/mol. The number of carbonyl (C=O) groups is 1. The van der Waals surface area contributed by atoms with Crippen molar-refractivity contribution in [1.29, 1.82) is 0 Å². The molecule has 0 radical (unpaired) electrons. The molecule has 0 fully saturated rings. The van der Waals surface area contributed by atoms with Gasteiger partial charge in [-0.05, 0) is 39.5 Å². The molecule has 5 nitrogen and oxygen atoms in total. The lowest BCUT2D eigenvalue weighted by atomic mass is 10.0. The molecule has 5 heteroatoms. The SMILES string of the molecule is CC(N)CCCC(N)CCC(C)N.O=CO. The number of rotatable bonds is 7. The van der Waals surface area contributed by atoms with Crippen molar-refractivity contribution in [2.75, 3.05) is 0 Å². The molecule has 7 N–H and O–H groups in total. The van der Waals surface area contributed by atoms with E-state index in [-0.39, 0.29) is 12.5 Å². The van der Waals surface area contributed by atoms with Crippen LogP contribution in [0.4, 0.5) is 0 Å². The van der Waals surface area contributed by atoms with E-state index in [4.69, 9.17) is 27.1 Å². The van der Waals surface area contributed by atoms with Crippen molar-refractivity contribution in [2.24, 2.45) is 17.2 Å². The highest BCUT2D eigenvalue weighted by Gasteiger charge is 2.04. The van der Waals surface area contributed by atoms with Gasteiger partial charge in [0, 0.05) is 18.1 Å². The normalized spacial score (nSPS) is 15.6. The predicted octanol–water partition coefficient (Wildman–Crippen LogP) is 0.659. The molecule has 0 bridgehead atoms. The summed E-state index contributed by atoms with van der Waals surface area (Å²) in [6.45, 7) is 3.81. The van der Waals surface area contributed by atoms with Crippen molar-refractivity contribution in [2.45, 2.75) is 64.1 Å². The number of nitrogens with two attached hydrogens (primary N) is 3. The zero-order valence-corrected chi connectivity index (χ0v) is 10.4. The molecule has 0 saturated carbocycles. The van der Waals surface area contributed by atoms with E-state index < -0.39 is 0 Å². The fourth-order valence-corrected chi connectivity index (χ4v) is 1.32. The van der Waals surface area contributed by atoms with Gasteiger partial charge in [-0.1, -0.05) is 6.42 Å². The Hall–Kier alpha value is -0.650. The Labute approximate surface area is 98.4 Å². The second-order valence-corrected chi connectivity index (χ2v) is 4.33. The minimum absolute atomic E-state index is 0.250. The summed E-state index contributed by atoms with van der Waals surface area (Å²) in [6.07, 6.45) is 5.36. The fraction of sp³-hybridized carbons (Fsp3) is 0.909. The molecule has 0 rings (SSSR count). The molecule has 0 aromatic rings. The maximum Gasteiger partial charge on any atom is 0.290 e. The molecule has 0 spiro atoms. The van der Waals surface area contributed by atoms with Gasteiger partial charge in [0.25, 0.3) is 6.47 Å². The smallest absolute Gasteiger partial charge is 0.290 e. The minimum atomic E-state index is -0.250. The summed E-state index contributed by atoms with van der Waals surface area (Å²) in [7, 11) is 0. The first-order valence-corrected chi connectivity index (χ1v) is 5.78. The van der Waals surface area contributed by atoms with Crippen LogP contribution in [0.5, 0.6) is 0 Å². The predicted molar refractivity (Wildman–Crippen MR) is 67.1 cm³/mol. The molecule has 0 aromatic carbocycles. The van der Waals surface area contributed by atoms with Crippen LogP contribution in [0.2, 0.25) is 0 Å². The third-order valence-corrected chi connectivity index (χ3v) is 2.23. The van der Waals surface area contributed by atoms with E-state index in [1.54, 1.807) is 0 Å². The molecule has 0 amide bonds. The standard InChI is InChI=1S/C10H25N3.CH2O2/c1-8(11)4-3-5-10(13)7-6-9(2)12;2-1-3/h8-10H,3-7,11-13H2,1-2H3;1H,(H,2,3). The Morgan fingerprint density at radius 1 is 1.00 bits per heavy atom. The lowest BCUT2D eigenvalue weighted by Gasteiger charge is -2.13. The van der Waals surface area contributed by atoms with Crippen LogP contribution in [0.3, 0.4) is 0 Å². The monoisotopic (exact) mass is 233 g/mol. The first kappa shape index (κ1) is 17.7. The number of hydrogen-bond donors (Lipinski definition) is 4. The minimum Gasteiger partial charge on any atom is -0.483 e. The molecule has 0 heterocycles. The summed E-state index contributed by atoms with van der Waals surface area (Å²) in [6, 6.07) is 0.893. The van der Waals surface area contributed by atoms with Gasteiger partial charge in [0.1, 0.15) is 0 Å². The van der Waals surface area contributed by atoms with Crippen LogP contribution >= 0.6 is 0 Å².